The number of nitrogens with one attached hydrogen (secondary N) is 1. The Kier molecular flexibility index (Phi) is 5.90. The van der Waals surface area contributed by atoms with Gasteiger partial charge in [0.2, 0.25) is 5.91 Å². The molecule has 122 valence electrons. The maximum Gasteiger partial charge on any atom is 0.391 e. The third-order valence-electron chi connectivity index (χ3n) is 4.62. The minimum Gasteiger partial charge on any atom is -0.343 e. The molecule has 6 heteroatoms. The van der Waals surface area contributed by atoms with Gasteiger partial charge in [-0.3, -0.25) is 4.79 Å². The molecule has 1 N–H and O–H groups in total. The molecule has 0 bridgehead atoms. The summed E-state index contributed by atoms with van der Waals surface area (Å²) in [6.45, 7) is 2.15. The molecule has 1 saturated carbocycles. The van der Waals surface area contributed by atoms with Crippen molar-refractivity contribution in [3.8, 4) is 0 Å². The zero-order valence-electron chi connectivity index (χ0n) is 12.4. The highest BCUT2D eigenvalue weighted by atomic mass is 19.4. The summed E-state index contributed by atoms with van der Waals surface area (Å²) in [7, 11) is 0. The van der Waals surface area contributed by atoms with E-state index in [1.54, 1.807) is 0 Å². The molecule has 1 aliphatic heterocycles. The fraction of sp³-hybridized carbons (Fsp3) is 0.933. The van der Waals surface area contributed by atoms with Crippen LogP contribution >= 0.6 is 0 Å². The Morgan fingerprint density at radius 2 is 1.81 bits per heavy atom. The SMILES string of the molecule is O=C(CCNC1CCCC(C(F)(F)F)C1)N1CCCCC1. The maximum absolute atomic E-state index is 12.7. The van der Waals surface area contributed by atoms with Gasteiger partial charge in [-0.15, -0.1) is 0 Å². The predicted molar refractivity (Wildman–Crippen MR) is 74.9 cm³/mol. The highest BCUT2D eigenvalue weighted by Gasteiger charge is 2.41. The van der Waals surface area contributed by atoms with E-state index in [0.29, 0.717) is 19.4 Å². The van der Waals surface area contributed by atoms with Gasteiger partial charge in [0.1, 0.15) is 0 Å². The van der Waals surface area contributed by atoms with Crippen molar-refractivity contribution >= 4 is 5.91 Å². The Morgan fingerprint density at radius 3 is 2.48 bits per heavy atom. The van der Waals surface area contributed by atoms with Crippen LogP contribution in [0.3, 0.4) is 0 Å². The Bertz CT molecular complexity index is 340. The number of amides is 1. The Hall–Kier alpha value is -0.780. The minimum absolute atomic E-state index is 0.0977. The summed E-state index contributed by atoms with van der Waals surface area (Å²) in [4.78, 5) is 13.8. The van der Waals surface area contributed by atoms with Crippen LogP contribution in [0.25, 0.3) is 0 Å². The number of hydrogen-bond donors (Lipinski definition) is 1. The van der Waals surface area contributed by atoms with Gasteiger partial charge in [0.15, 0.2) is 0 Å². The van der Waals surface area contributed by atoms with E-state index in [1.807, 2.05) is 4.90 Å². The van der Waals surface area contributed by atoms with Gasteiger partial charge in [0.25, 0.3) is 0 Å². The van der Waals surface area contributed by atoms with Crippen molar-refractivity contribution < 1.29 is 18.0 Å². The van der Waals surface area contributed by atoms with E-state index in [0.717, 1.165) is 32.4 Å². The van der Waals surface area contributed by atoms with Crippen LogP contribution in [0.15, 0.2) is 0 Å². The molecular formula is C15H25F3N2O. The summed E-state index contributed by atoms with van der Waals surface area (Å²) in [5.74, 6) is -1.05. The van der Waals surface area contributed by atoms with Crippen LogP contribution in [-0.4, -0.2) is 42.7 Å². The second kappa shape index (κ2) is 7.47. The third kappa shape index (κ3) is 5.16. The van der Waals surface area contributed by atoms with E-state index in [-0.39, 0.29) is 24.8 Å². The van der Waals surface area contributed by atoms with Crippen molar-refractivity contribution in [2.45, 2.75) is 63.6 Å². The van der Waals surface area contributed by atoms with E-state index in [4.69, 9.17) is 0 Å². The average Bonchev–Trinajstić information content (AvgIpc) is 2.47. The molecule has 1 amide bonds. The number of halogens is 3. The van der Waals surface area contributed by atoms with Gasteiger partial charge in [-0.25, -0.2) is 0 Å². The van der Waals surface area contributed by atoms with Gasteiger partial charge in [0.05, 0.1) is 5.92 Å². The molecule has 2 unspecified atom stereocenters. The molecule has 3 nitrogen and oxygen atoms in total. The van der Waals surface area contributed by atoms with E-state index < -0.39 is 12.1 Å². The summed E-state index contributed by atoms with van der Waals surface area (Å²) >= 11 is 0. The number of carbonyl (C=O) groups is 1. The summed E-state index contributed by atoms with van der Waals surface area (Å²) in [5.41, 5.74) is 0. The van der Waals surface area contributed by atoms with Crippen molar-refractivity contribution in [1.82, 2.24) is 10.2 Å². The lowest BCUT2D eigenvalue weighted by Crippen LogP contribution is -2.41. The third-order valence-corrected chi connectivity index (χ3v) is 4.62. The van der Waals surface area contributed by atoms with Gasteiger partial charge in [-0.05, 0) is 38.5 Å². The number of alkyl halides is 3. The quantitative estimate of drug-likeness (QED) is 0.865. The molecule has 0 radical (unpaired) electrons. The molecule has 2 aliphatic rings. The van der Waals surface area contributed by atoms with E-state index >= 15 is 0 Å². The molecule has 1 saturated heterocycles. The molecule has 0 aromatic carbocycles. The maximum atomic E-state index is 12.7. The Morgan fingerprint density at radius 1 is 1.10 bits per heavy atom. The molecule has 0 aromatic heterocycles. The van der Waals surface area contributed by atoms with Gasteiger partial charge in [0, 0.05) is 32.1 Å². The van der Waals surface area contributed by atoms with Crippen molar-refractivity contribution in [2.75, 3.05) is 19.6 Å². The van der Waals surface area contributed by atoms with Crippen molar-refractivity contribution in [2.24, 2.45) is 5.92 Å². The first-order valence-electron chi connectivity index (χ1n) is 8.04. The van der Waals surface area contributed by atoms with Crippen LogP contribution < -0.4 is 5.32 Å². The van der Waals surface area contributed by atoms with Gasteiger partial charge in [-0.1, -0.05) is 6.42 Å². The predicted octanol–water partition coefficient (Wildman–Crippen LogP) is 3.10. The lowest BCUT2D eigenvalue weighted by molar-refractivity contribution is -0.183. The number of likely N-dealkylation sites (tertiary alicyclic amines) is 1. The number of carbonyl (C=O) groups excluding carboxylic acids is 1. The summed E-state index contributed by atoms with van der Waals surface area (Å²) in [6.07, 6.45) is 1.42. The average molecular weight is 306 g/mol. The normalized spacial score (nSPS) is 27.7. The zero-order chi connectivity index (χ0) is 15.3. The second-order valence-electron chi connectivity index (χ2n) is 6.25. The Labute approximate surface area is 124 Å². The number of rotatable bonds is 4. The number of nitrogens with zero attached hydrogens (tertiary/aromatic N) is 1. The first-order chi connectivity index (χ1) is 9.97. The summed E-state index contributed by atoms with van der Waals surface area (Å²) in [5, 5.41) is 3.15. The fourth-order valence-corrected chi connectivity index (χ4v) is 3.36. The molecule has 2 atom stereocenters. The largest absolute Gasteiger partial charge is 0.391 e. The van der Waals surface area contributed by atoms with Crippen LogP contribution in [0, 0.1) is 5.92 Å². The lowest BCUT2D eigenvalue weighted by Gasteiger charge is -2.31. The molecular weight excluding hydrogens is 281 g/mol. The van der Waals surface area contributed by atoms with Gasteiger partial charge in [-0.2, -0.15) is 13.2 Å². The molecule has 2 rings (SSSR count). The second-order valence-corrected chi connectivity index (χ2v) is 6.25. The highest BCUT2D eigenvalue weighted by Crippen LogP contribution is 2.37. The van der Waals surface area contributed by atoms with Crippen molar-refractivity contribution in [3.05, 3.63) is 0 Å². The van der Waals surface area contributed by atoms with Crippen molar-refractivity contribution in [3.63, 3.8) is 0 Å². The number of hydrogen-bond acceptors (Lipinski definition) is 2. The van der Waals surface area contributed by atoms with Gasteiger partial charge >= 0.3 is 6.18 Å². The van der Waals surface area contributed by atoms with Crippen LogP contribution in [0.1, 0.15) is 51.4 Å². The van der Waals surface area contributed by atoms with Crippen LogP contribution in [0.2, 0.25) is 0 Å². The molecule has 0 spiro atoms. The molecule has 0 aromatic rings. The minimum atomic E-state index is -4.08. The van der Waals surface area contributed by atoms with Crippen LogP contribution in [0.4, 0.5) is 13.2 Å². The van der Waals surface area contributed by atoms with Gasteiger partial charge < -0.3 is 10.2 Å². The first-order valence-corrected chi connectivity index (χ1v) is 8.04. The van der Waals surface area contributed by atoms with Crippen LogP contribution in [-0.2, 0) is 4.79 Å². The molecule has 2 fully saturated rings. The summed E-state index contributed by atoms with van der Waals surface area (Å²) < 4.78 is 38.2. The topological polar surface area (TPSA) is 32.3 Å². The highest BCUT2D eigenvalue weighted by molar-refractivity contribution is 5.76. The zero-order valence-corrected chi connectivity index (χ0v) is 12.4. The number of piperidine rings is 1. The lowest BCUT2D eigenvalue weighted by atomic mass is 9.85. The Balaban J connectivity index is 1.67. The molecule has 1 heterocycles. The summed E-state index contributed by atoms with van der Waals surface area (Å²) in [6, 6.07) is -0.0977. The van der Waals surface area contributed by atoms with E-state index in [1.165, 1.54) is 6.42 Å². The van der Waals surface area contributed by atoms with Crippen LogP contribution in [0.5, 0.6) is 0 Å². The monoisotopic (exact) mass is 306 g/mol. The van der Waals surface area contributed by atoms with E-state index in [9.17, 15) is 18.0 Å². The standard InChI is InChI=1S/C15H25F3N2O/c16-15(17,18)12-5-4-6-13(11-12)19-8-7-14(21)20-9-2-1-3-10-20/h12-13,19H,1-11H2. The molecule has 1 aliphatic carbocycles. The first kappa shape index (κ1) is 16.6. The molecule has 21 heavy (non-hydrogen) atoms. The van der Waals surface area contributed by atoms with Crippen molar-refractivity contribution in [1.29, 1.82) is 0 Å². The van der Waals surface area contributed by atoms with E-state index in [2.05, 4.69) is 5.32 Å². The smallest absolute Gasteiger partial charge is 0.343 e. The fourth-order valence-electron chi connectivity index (χ4n) is 3.36.